The van der Waals surface area contributed by atoms with Crippen molar-refractivity contribution in [2.45, 2.75) is 35.6 Å². The van der Waals surface area contributed by atoms with E-state index in [0.717, 1.165) is 11.9 Å². The van der Waals surface area contributed by atoms with Crippen LogP contribution in [0.4, 0.5) is 5.69 Å². The lowest BCUT2D eigenvalue weighted by Crippen LogP contribution is -2.46. The number of nitrogens with zero attached hydrogens (tertiary/aromatic N) is 1. The van der Waals surface area contributed by atoms with E-state index in [-0.39, 0.29) is 28.3 Å². The number of sulfonamides is 1. The van der Waals surface area contributed by atoms with Gasteiger partial charge in [-0.2, -0.15) is 0 Å². The molecule has 0 aliphatic carbocycles. The summed E-state index contributed by atoms with van der Waals surface area (Å²) in [5.41, 5.74) is 1.22. The number of para-hydroxylation sites is 1. The number of sulfone groups is 1. The minimum atomic E-state index is -3.87. The predicted octanol–water partition coefficient (Wildman–Crippen LogP) is 1.78. The lowest BCUT2D eigenvalue weighted by atomic mass is 10.1. The molecule has 1 fully saturated rings. The number of anilines is 1. The number of aryl methyl sites for hydroxylation is 1. The van der Waals surface area contributed by atoms with Crippen LogP contribution in [0.25, 0.3) is 0 Å². The molecular weight excluding hydrogens is 438 g/mol. The van der Waals surface area contributed by atoms with Crippen molar-refractivity contribution in [1.29, 1.82) is 0 Å². The summed E-state index contributed by atoms with van der Waals surface area (Å²) in [7, 11) is -7.38. The average molecular weight is 466 g/mol. The maximum atomic E-state index is 12.9. The summed E-state index contributed by atoms with van der Waals surface area (Å²) in [5, 5.41) is 2.84. The lowest BCUT2D eigenvalue weighted by Gasteiger charge is -2.31. The third-order valence-electron chi connectivity index (χ3n) is 5.21. The largest absolute Gasteiger partial charge is 0.325 e. The van der Waals surface area contributed by atoms with Gasteiger partial charge in [0, 0.05) is 31.1 Å². The number of nitrogens with one attached hydrogen (secondary N) is 2. The molecule has 0 unspecified atom stereocenters. The molecule has 0 spiro atoms. The van der Waals surface area contributed by atoms with E-state index in [1.165, 1.54) is 18.2 Å². The Labute approximate surface area is 183 Å². The number of hydrogen-bond donors (Lipinski definition) is 2. The fourth-order valence-corrected chi connectivity index (χ4v) is 5.81. The molecule has 2 N–H and O–H groups in total. The Bertz CT molecular complexity index is 1140. The van der Waals surface area contributed by atoms with Crippen LogP contribution in [-0.2, 0) is 24.7 Å². The third kappa shape index (κ3) is 6.36. The summed E-state index contributed by atoms with van der Waals surface area (Å²) in [4.78, 5) is 14.1. The fourth-order valence-electron chi connectivity index (χ4n) is 3.52. The first-order chi connectivity index (χ1) is 14.5. The Morgan fingerprint density at radius 1 is 1.03 bits per heavy atom. The Morgan fingerprint density at radius 2 is 1.68 bits per heavy atom. The number of amides is 1. The van der Waals surface area contributed by atoms with Gasteiger partial charge in [-0.3, -0.25) is 9.69 Å². The first-order valence-electron chi connectivity index (χ1n) is 9.95. The Kier molecular flexibility index (Phi) is 7.15. The zero-order chi connectivity index (χ0) is 22.6. The van der Waals surface area contributed by atoms with Crippen LogP contribution in [0.2, 0.25) is 0 Å². The van der Waals surface area contributed by atoms with Crippen molar-refractivity contribution in [3.05, 3.63) is 54.1 Å². The maximum absolute atomic E-state index is 12.9. The standard InChI is InChI=1S/C21H27N3O5S2/c1-16-8-9-19(30(2,26)27)14-20(16)31(28,29)23-18-10-12-24(13-11-18)15-21(25)22-17-6-4-3-5-7-17/h3-9,14,18,23H,10-13,15H2,1-2H3,(H,22,25). The summed E-state index contributed by atoms with van der Waals surface area (Å²) in [6.45, 7) is 3.04. The third-order valence-corrected chi connectivity index (χ3v) is 7.98. The minimum Gasteiger partial charge on any atom is -0.325 e. The molecule has 1 heterocycles. The second-order valence-electron chi connectivity index (χ2n) is 7.79. The first-order valence-corrected chi connectivity index (χ1v) is 13.3. The summed E-state index contributed by atoms with van der Waals surface area (Å²) in [6, 6.07) is 13.0. The van der Waals surface area contributed by atoms with Crippen LogP contribution in [0, 0.1) is 6.92 Å². The van der Waals surface area contributed by atoms with Crippen LogP contribution in [0.1, 0.15) is 18.4 Å². The number of rotatable bonds is 7. The maximum Gasteiger partial charge on any atom is 0.241 e. The second-order valence-corrected chi connectivity index (χ2v) is 11.5. The van der Waals surface area contributed by atoms with Gasteiger partial charge in [0.1, 0.15) is 0 Å². The van der Waals surface area contributed by atoms with E-state index < -0.39 is 19.9 Å². The molecule has 31 heavy (non-hydrogen) atoms. The molecule has 1 aliphatic rings. The van der Waals surface area contributed by atoms with Gasteiger partial charge >= 0.3 is 0 Å². The van der Waals surface area contributed by atoms with Crippen LogP contribution >= 0.6 is 0 Å². The highest BCUT2D eigenvalue weighted by atomic mass is 32.2. The van der Waals surface area contributed by atoms with Gasteiger partial charge in [-0.25, -0.2) is 21.6 Å². The predicted molar refractivity (Wildman–Crippen MR) is 119 cm³/mol. The number of piperidine rings is 1. The van der Waals surface area contributed by atoms with Crippen molar-refractivity contribution in [2.75, 3.05) is 31.2 Å². The molecular formula is C21H27N3O5S2. The molecule has 1 aliphatic heterocycles. The van der Waals surface area contributed by atoms with Crippen molar-refractivity contribution >= 4 is 31.5 Å². The van der Waals surface area contributed by atoms with Gasteiger partial charge in [-0.15, -0.1) is 0 Å². The number of hydrogen-bond acceptors (Lipinski definition) is 6. The highest BCUT2D eigenvalue weighted by Gasteiger charge is 2.27. The molecule has 10 heteroatoms. The quantitative estimate of drug-likeness (QED) is 0.645. The van der Waals surface area contributed by atoms with Crippen molar-refractivity contribution in [3.63, 3.8) is 0 Å². The highest BCUT2D eigenvalue weighted by molar-refractivity contribution is 7.91. The molecule has 1 saturated heterocycles. The van der Waals surface area contributed by atoms with E-state index in [1.54, 1.807) is 6.92 Å². The van der Waals surface area contributed by atoms with Gasteiger partial charge in [-0.05, 0) is 49.6 Å². The van der Waals surface area contributed by atoms with Gasteiger partial charge in [0.2, 0.25) is 15.9 Å². The van der Waals surface area contributed by atoms with Gasteiger partial charge in [0.15, 0.2) is 9.84 Å². The number of carbonyl (C=O) groups excluding carboxylic acids is 1. The molecule has 1 amide bonds. The number of benzene rings is 2. The zero-order valence-corrected chi connectivity index (χ0v) is 19.2. The van der Waals surface area contributed by atoms with Crippen LogP contribution in [0.5, 0.6) is 0 Å². The average Bonchev–Trinajstić information content (AvgIpc) is 2.69. The molecule has 168 valence electrons. The summed E-state index contributed by atoms with van der Waals surface area (Å²) in [5.74, 6) is -0.113. The normalized spacial score (nSPS) is 16.2. The van der Waals surface area contributed by atoms with E-state index in [4.69, 9.17) is 0 Å². The van der Waals surface area contributed by atoms with Crippen LogP contribution in [0.15, 0.2) is 58.3 Å². The van der Waals surface area contributed by atoms with E-state index in [9.17, 15) is 21.6 Å². The number of likely N-dealkylation sites (tertiary alicyclic amines) is 1. The fraction of sp³-hybridized carbons (Fsp3) is 0.381. The Morgan fingerprint density at radius 3 is 2.29 bits per heavy atom. The highest BCUT2D eigenvalue weighted by Crippen LogP contribution is 2.22. The molecule has 0 aromatic heterocycles. The second kappa shape index (κ2) is 9.47. The van der Waals surface area contributed by atoms with Crippen molar-refractivity contribution < 1.29 is 21.6 Å². The van der Waals surface area contributed by atoms with Gasteiger partial charge in [-0.1, -0.05) is 24.3 Å². The zero-order valence-electron chi connectivity index (χ0n) is 17.5. The molecule has 0 atom stereocenters. The van der Waals surface area contributed by atoms with E-state index >= 15 is 0 Å². The summed E-state index contributed by atoms with van der Waals surface area (Å²) in [6.07, 6.45) is 2.16. The molecule has 0 saturated carbocycles. The van der Waals surface area contributed by atoms with Crippen LogP contribution in [0.3, 0.4) is 0 Å². The van der Waals surface area contributed by atoms with Crippen molar-refractivity contribution in [2.24, 2.45) is 0 Å². The van der Waals surface area contributed by atoms with E-state index in [0.29, 0.717) is 31.5 Å². The van der Waals surface area contributed by atoms with Crippen molar-refractivity contribution in [1.82, 2.24) is 9.62 Å². The van der Waals surface area contributed by atoms with Gasteiger partial charge < -0.3 is 5.32 Å². The molecule has 2 aromatic carbocycles. The smallest absolute Gasteiger partial charge is 0.241 e. The van der Waals surface area contributed by atoms with E-state index in [1.807, 2.05) is 35.2 Å². The Hall–Kier alpha value is -2.27. The van der Waals surface area contributed by atoms with Gasteiger partial charge in [0.05, 0.1) is 16.3 Å². The minimum absolute atomic E-state index is 0.0277. The first kappa shape index (κ1) is 23.4. The summed E-state index contributed by atoms with van der Waals surface area (Å²) < 4.78 is 52.1. The van der Waals surface area contributed by atoms with Gasteiger partial charge in [0.25, 0.3) is 0 Å². The molecule has 0 radical (unpaired) electrons. The Balaban J connectivity index is 1.57. The topological polar surface area (TPSA) is 113 Å². The SMILES string of the molecule is Cc1ccc(S(C)(=O)=O)cc1S(=O)(=O)NC1CCN(CC(=O)Nc2ccccc2)CC1. The lowest BCUT2D eigenvalue weighted by molar-refractivity contribution is -0.117. The van der Waals surface area contributed by atoms with E-state index in [2.05, 4.69) is 10.0 Å². The molecule has 0 bridgehead atoms. The van der Waals surface area contributed by atoms with Crippen LogP contribution < -0.4 is 10.0 Å². The molecule has 2 aromatic rings. The molecule has 8 nitrogen and oxygen atoms in total. The monoisotopic (exact) mass is 465 g/mol. The molecule has 3 rings (SSSR count). The van der Waals surface area contributed by atoms with Crippen LogP contribution in [-0.4, -0.2) is 59.6 Å². The summed E-state index contributed by atoms with van der Waals surface area (Å²) >= 11 is 0. The van der Waals surface area contributed by atoms with Crippen molar-refractivity contribution in [3.8, 4) is 0 Å². The number of carbonyl (C=O) groups is 1.